The maximum atomic E-state index is 6.03. The highest BCUT2D eigenvalue weighted by atomic mass is 16.5. The Hall–Kier alpha value is -0.120. The van der Waals surface area contributed by atoms with E-state index in [1.54, 1.807) is 0 Å². The standard InChI is InChI=1S/C15H32N2O/c1-6-7-8-14-15(18-10-9-17(14)5)12-16(4)11-13(2)3/h13-15H,6-12H2,1-5H3/t14-,15+/m0/s1. The van der Waals surface area contributed by atoms with Crippen LogP contribution in [0.5, 0.6) is 0 Å². The summed E-state index contributed by atoms with van der Waals surface area (Å²) < 4.78 is 6.03. The Morgan fingerprint density at radius 1 is 1.39 bits per heavy atom. The fourth-order valence-corrected chi connectivity index (χ4v) is 2.91. The van der Waals surface area contributed by atoms with Crippen LogP contribution in [0.2, 0.25) is 0 Å². The van der Waals surface area contributed by atoms with Gasteiger partial charge in [-0.1, -0.05) is 33.6 Å². The van der Waals surface area contributed by atoms with E-state index < -0.39 is 0 Å². The molecule has 3 heteroatoms. The van der Waals surface area contributed by atoms with Crippen molar-refractivity contribution in [1.29, 1.82) is 0 Å². The summed E-state index contributed by atoms with van der Waals surface area (Å²) in [4.78, 5) is 4.92. The first kappa shape index (κ1) is 15.9. The lowest BCUT2D eigenvalue weighted by molar-refractivity contribution is -0.0752. The number of nitrogens with zero attached hydrogens (tertiary/aromatic N) is 2. The largest absolute Gasteiger partial charge is 0.374 e. The van der Waals surface area contributed by atoms with Crippen molar-refractivity contribution >= 4 is 0 Å². The Labute approximate surface area is 113 Å². The van der Waals surface area contributed by atoms with Crippen molar-refractivity contribution < 1.29 is 4.74 Å². The van der Waals surface area contributed by atoms with Crippen molar-refractivity contribution in [2.75, 3.05) is 40.3 Å². The van der Waals surface area contributed by atoms with Gasteiger partial charge in [-0.3, -0.25) is 4.90 Å². The fraction of sp³-hybridized carbons (Fsp3) is 1.00. The molecular formula is C15H32N2O. The van der Waals surface area contributed by atoms with E-state index in [4.69, 9.17) is 4.74 Å². The van der Waals surface area contributed by atoms with Gasteiger partial charge >= 0.3 is 0 Å². The SMILES string of the molecule is CCCC[C@H]1[C@@H](CN(C)CC(C)C)OCCN1C. The first-order valence-electron chi connectivity index (χ1n) is 7.55. The molecule has 1 saturated heterocycles. The smallest absolute Gasteiger partial charge is 0.0857 e. The molecule has 0 saturated carbocycles. The van der Waals surface area contributed by atoms with E-state index >= 15 is 0 Å². The first-order valence-corrected chi connectivity index (χ1v) is 7.55. The molecule has 0 aliphatic carbocycles. The van der Waals surface area contributed by atoms with Gasteiger partial charge in [-0.15, -0.1) is 0 Å². The molecule has 1 rings (SSSR count). The number of hydrogen-bond acceptors (Lipinski definition) is 3. The van der Waals surface area contributed by atoms with Crippen LogP contribution in [0.15, 0.2) is 0 Å². The van der Waals surface area contributed by atoms with Crippen LogP contribution >= 0.6 is 0 Å². The molecule has 0 spiro atoms. The molecule has 1 fully saturated rings. The van der Waals surface area contributed by atoms with Crippen LogP contribution in [0.1, 0.15) is 40.0 Å². The van der Waals surface area contributed by atoms with E-state index in [-0.39, 0.29) is 0 Å². The third-order valence-corrected chi connectivity index (χ3v) is 3.79. The number of morpholine rings is 1. The highest BCUT2D eigenvalue weighted by Gasteiger charge is 2.30. The molecule has 0 aromatic rings. The van der Waals surface area contributed by atoms with Crippen LogP contribution < -0.4 is 0 Å². The van der Waals surface area contributed by atoms with Crippen LogP contribution in [0.4, 0.5) is 0 Å². The quantitative estimate of drug-likeness (QED) is 0.696. The molecule has 2 atom stereocenters. The zero-order valence-corrected chi connectivity index (χ0v) is 13.0. The van der Waals surface area contributed by atoms with Gasteiger partial charge < -0.3 is 9.64 Å². The lowest BCUT2D eigenvalue weighted by Gasteiger charge is -2.41. The highest BCUT2D eigenvalue weighted by molar-refractivity contribution is 4.84. The Kier molecular flexibility index (Phi) is 7.20. The molecule has 1 aliphatic heterocycles. The maximum absolute atomic E-state index is 6.03. The van der Waals surface area contributed by atoms with Gasteiger partial charge in [0.15, 0.2) is 0 Å². The molecule has 0 aromatic heterocycles. The molecule has 18 heavy (non-hydrogen) atoms. The molecule has 1 aliphatic rings. The molecule has 0 unspecified atom stereocenters. The summed E-state index contributed by atoms with van der Waals surface area (Å²) in [5.41, 5.74) is 0. The monoisotopic (exact) mass is 256 g/mol. The second kappa shape index (κ2) is 8.13. The van der Waals surface area contributed by atoms with E-state index in [1.165, 1.54) is 19.3 Å². The molecule has 1 heterocycles. The summed E-state index contributed by atoms with van der Waals surface area (Å²) in [6.45, 7) is 11.0. The molecule has 3 nitrogen and oxygen atoms in total. The number of hydrogen-bond donors (Lipinski definition) is 0. The van der Waals surface area contributed by atoms with E-state index in [2.05, 4.69) is 44.7 Å². The molecule has 0 amide bonds. The zero-order chi connectivity index (χ0) is 13.5. The number of rotatable bonds is 7. The van der Waals surface area contributed by atoms with Crippen molar-refractivity contribution in [3.05, 3.63) is 0 Å². The average molecular weight is 256 g/mol. The fourth-order valence-electron chi connectivity index (χ4n) is 2.91. The molecule has 0 bridgehead atoms. The number of unbranched alkanes of at least 4 members (excludes halogenated alkanes) is 1. The number of ether oxygens (including phenoxy) is 1. The zero-order valence-electron chi connectivity index (χ0n) is 13.0. The molecule has 108 valence electrons. The second-order valence-corrected chi connectivity index (χ2v) is 6.21. The molecule has 0 aromatic carbocycles. The maximum Gasteiger partial charge on any atom is 0.0857 e. The van der Waals surface area contributed by atoms with Crippen molar-refractivity contribution in [1.82, 2.24) is 9.80 Å². The summed E-state index contributed by atoms with van der Waals surface area (Å²) >= 11 is 0. The van der Waals surface area contributed by atoms with Gasteiger partial charge in [0.05, 0.1) is 12.7 Å². The number of likely N-dealkylation sites (N-methyl/N-ethyl adjacent to an activating group) is 2. The van der Waals surface area contributed by atoms with Gasteiger partial charge in [-0.25, -0.2) is 0 Å². The van der Waals surface area contributed by atoms with Crippen LogP contribution in [0.3, 0.4) is 0 Å². The minimum absolute atomic E-state index is 0.388. The second-order valence-electron chi connectivity index (χ2n) is 6.21. The molecule has 0 radical (unpaired) electrons. The van der Waals surface area contributed by atoms with Crippen LogP contribution in [0, 0.1) is 5.92 Å². The van der Waals surface area contributed by atoms with Crippen molar-refractivity contribution in [2.45, 2.75) is 52.2 Å². The van der Waals surface area contributed by atoms with Crippen molar-refractivity contribution in [2.24, 2.45) is 5.92 Å². The molecular weight excluding hydrogens is 224 g/mol. The summed E-state index contributed by atoms with van der Waals surface area (Å²) in [7, 11) is 4.47. The van der Waals surface area contributed by atoms with Gasteiger partial charge in [0, 0.05) is 25.7 Å². The summed E-state index contributed by atoms with van der Waals surface area (Å²) in [6.07, 6.45) is 4.24. The Morgan fingerprint density at radius 3 is 2.72 bits per heavy atom. The first-order chi connectivity index (χ1) is 8.54. The Balaban J connectivity index is 2.48. The van der Waals surface area contributed by atoms with Gasteiger partial charge in [0.2, 0.25) is 0 Å². The lowest BCUT2D eigenvalue weighted by Crippen LogP contribution is -2.53. The van der Waals surface area contributed by atoms with E-state index in [0.717, 1.165) is 32.2 Å². The normalized spacial score (nSPS) is 26.2. The van der Waals surface area contributed by atoms with E-state index in [0.29, 0.717) is 12.1 Å². The Morgan fingerprint density at radius 2 is 2.11 bits per heavy atom. The van der Waals surface area contributed by atoms with Gasteiger partial charge in [-0.05, 0) is 26.4 Å². The van der Waals surface area contributed by atoms with Crippen molar-refractivity contribution in [3.8, 4) is 0 Å². The van der Waals surface area contributed by atoms with Crippen LogP contribution in [0.25, 0.3) is 0 Å². The highest BCUT2D eigenvalue weighted by Crippen LogP contribution is 2.19. The van der Waals surface area contributed by atoms with Crippen LogP contribution in [-0.4, -0.2) is 62.3 Å². The lowest BCUT2D eigenvalue weighted by atomic mass is 10.0. The van der Waals surface area contributed by atoms with Gasteiger partial charge in [-0.2, -0.15) is 0 Å². The van der Waals surface area contributed by atoms with Gasteiger partial charge in [0.1, 0.15) is 0 Å². The minimum Gasteiger partial charge on any atom is -0.374 e. The molecule has 0 N–H and O–H groups in total. The summed E-state index contributed by atoms with van der Waals surface area (Å²) in [5, 5.41) is 0. The predicted octanol–water partition coefficient (Wildman–Crippen LogP) is 2.46. The third-order valence-electron chi connectivity index (χ3n) is 3.79. The van der Waals surface area contributed by atoms with Gasteiger partial charge in [0.25, 0.3) is 0 Å². The summed E-state index contributed by atoms with van der Waals surface area (Å²) in [5.74, 6) is 0.727. The topological polar surface area (TPSA) is 15.7 Å². The van der Waals surface area contributed by atoms with E-state index in [1.807, 2.05) is 0 Å². The Bertz CT molecular complexity index is 221. The predicted molar refractivity (Wildman–Crippen MR) is 78.0 cm³/mol. The van der Waals surface area contributed by atoms with E-state index in [9.17, 15) is 0 Å². The minimum atomic E-state index is 0.388. The van der Waals surface area contributed by atoms with Crippen molar-refractivity contribution in [3.63, 3.8) is 0 Å². The van der Waals surface area contributed by atoms with Crippen LogP contribution in [-0.2, 0) is 4.74 Å². The average Bonchev–Trinajstić information content (AvgIpc) is 2.27. The summed E-state index contributed by atoms with van der Waals surface area (Å²) in [6, 6.07) is 0.605. The third kappa shape index (κ3) is 5.25.